The van der Waals surface area contributed by atoms with Gasteiger partial charge in [-0.2, -0.15) is 0 Å². The van der Waals surface area contributed by atoms with Crippen LogP contribution in [0.15, 0.2) is 0 Å². The van der Waals surface area contributed by atoms with Crippen LogP contribution in [0.3, 0.4) is 0 Å². The maximum atomic E-state index is 11.7. The average Bonchev–Trinajstić information content (AvgIpc) is 2.37. The Labute approximate surface area is 67.6 Å². The van der Waals surface area contributed by atoms with Gasteiger partial charge in [0.05, 0.1) is 0 Å². The summed E-state index contributed by atoms with van der Waals surface area (Å²) < 4.78 is 11.7. The van der Waals surface area contributed by atoms with Crippen molar-refractivity contribution in [3.63, 3.8) is 0 Å². The zero-order valence-corrected chi connectivity index (χ0v) is 7.07. The van der Waals surface area contributed by atoms with E-state index in [1.165, 1.54) is 6.42 Å². The van der Waals surface area contributed by atoms with E-state index in [2.05, 4.69) is 17.6 Å². The molecule has 1 unspecified atom stereocenters. The van der Waals surface area contributed by atoms with Gasteiger partial charge in [-0.3, -0.25) is 0 Å². The third-order valence-corrected chi connectivity index (χ3v) is 2.10. The maximum Gasteiger partial charge on any atom is 0.102 e. The molecule has 1 aliphatic heterocycles. The predicted molar refractivity (Wildman–Crippen MR) is 44.4 cm³/mol. The van der Waals surface area contributed by atoms with E-state index in [1.54, 1.807) is 0 Å². The summed E-state index contributed by atoms with van der Waals surface area (Å²) in [4.78, 5) is 0. The number of rotatable bonds is 4. The molecule has 0 aromatic carbocycles. The fourth-order valence-electron chi connectivity index (χ4n) is 1.52. The zero-order valence-electron chi connectivity index (χ0n) is 7.07. The van der Waals surface area contributed by atoms with Gasteiger partial charge < -0.3 is 10.6 Å². The molecule has 2 nitrogen and oxygen atoms in total. The second-order valence-corrected chi connectivity index (χ2v) is 3.34. The van der Waals surface area contributed by atoms with E-state index in [4.69, 9.17) is 0 Å². The quantitative estimate of drug-likeness (QED) is 0.587. The van der Waals surface area contributed by atoms with Crippen molar-refractivity contribution in [1.82, 2.24) is 10.6 Å². The Morgan fingerprint density at radius 1 is 1.64 bits per heavy atom. The molecule has 0 spiro atoms. The Kier molecular flexibility index (Phi) is 3.80. The molecule has 3 heteroatoms. The number of alkyl halides is 1. The maximum absolute atomic E-state index is 11.7. The minimum Gasteiger partial charge on any atom is -0.313 e. The van der Waals surface area contributed by atoms with E-state index in [1.807, 2.05) is 0 Å². The van der Waals surface area contributed by atoms with Crippen LogP contribution < -0.4 is 10.6 Å². The van der Waals surface area contributed by atoms with Gasteiger partial charge >= 0.3 is 0 Å². The Bertz CT molecular complexity index is 108. The summed E-state index contributed by atoms with van der Waals surface area (Å²) in [6.45, 7) is 4.49. The summed E-state index contributed by atoms with van der Waals surface area (Å²) >= 11 is 0. The molecule has 1 heterocycles. The Morgan fingerprint density at radius 2 is 2.45 bits per heavy atom. The standard InChI is InChI=1S/C8H17FN2/c1-7-4-8(11-5-7)6-10-3-2-9/h7-8,10-11H,2-6H2,1H3/t7-,8?/m0/s1. The van der Waals surface area contributed by atoms with E-state index in [0.717, 1.165) is 19.0 Å². The van der Waals surface area contributed by atoms with Crippen LogP contribution >= 0.6 is 0 Å². The fourth-order valence-corrected chi connectivity index (χ4v) is 1.52. The highest BCUT2D eigenvalue weighted by atomic mass is 19.1. The highest BCUT2D eigenvalue weighted by Crippen LogP contribution is 2.11. The fraction of sp³-hybridized carbons (Fsp3) is 1.00. The number of hydrogen-bond donors (Lipinski definition) is 2. The van der Waals surface area contributed by atoms with Crippen LogP contribution in [0.25, 0.3) is 0 Å². The molecule has 0 aromatic heterocycles. The van der Waals surface area contributed by atoms with Crippen LogP contribution in [-0.4, -0.2) is 32.4 Å². The summed E-state index contributed by atoms with van der Waals surface area (Å²) in [5.41, 5.74) is 0. The van der Waals surface area contributed by atoms with Gasteiger partial charge in [0.15, 0.2) is 0 Å². The molecule has 0 bridgehead atoms. The highest BCUT2D eigenvalue weighted by molar-refractivity contribution is 4.80. The molecule has 1 rings (SSSR count). The minimum absolute atomic E-state index is 0.262. The second-order valence-electron chi connectivity index (χ2n) is 3.34. The summed E-state index contributed by atoms with van der Waals surface area (Å²) in [6.07, 6.45) is 1.22. The Hall–Kier alpha value is -0.150. The molecule has 2 atom stereocenters. The van der Waals surface area contributed by atoms with Crippen LogP contribution in [0.5, 0.6) is 0 Å². The first-order chi connectivity index (χ1) is 5.33. The van der Waals surface area contributed by atoms with Crippen LogP contribution in [0.1, 0.15) is 13.3 Å². The molecule has 0 aliphatic carbocycles. The first kappa shape index (κ1) is 8.94. The smallest absolute Gasteiger partial charge is 0.102 e. The number of halogens is 1. The lowest BCUT2D eigenvalue weighted by Crippen LogP contribution is -2.34. The Morgan fingerprint density at radius 3 is 3.00 bits per heavy atom. The molecule has 0 aromatic rings. The Balaban J connectivity index is 1.99. The lowest BCUT2D eigenvalue weighted by molar-refractivity contribution is 0.446. The zero-order chi connectivity index (χ0) is 8.10. The molecular weight excluding hydrogens is 143 g/mol. The van der Waals surface area contributed by atoms with Gasteiger partial charge in [-0.25, -0.2) is 4.39 Å². The molecule has 1 aliphatic rings. The normalized spacial score (nSPS) is 31.1. The van der Waals surface area contributed by atoms with E-state index in [9.17, 15) is 4.39 Å². The van der Waals surface area contributed by atoms with Gasteiger partial charge in [0, 0.05) is 19.1 Å². The van der Waals surface area contributed by atoms with Crippen molar-refractivity contribution in [1.29, 1.82) is 0 Å². The van der Waals surface area contributed by atoms with Gasteiger partial charge in [-0.1, -0.05) is 6.92 Å². The van der Waals surface area contributed by atoms with Gasteiger partial charge in [0.25, 0.3) is 0 Å². The molecule has 1 saturated heterocycles. The predicted octanol–water partition coefficient (Wildman–Crippen LogP) is 0.543. The van der Waals surface area contributed by atoms with Gasteiger partial charge in [-0.05, 0) is 18.9 Å². The lowest BCUT2D eigenvalue weighted by atomic mass is 10.1. The van der Waals surface area contributed by atoms with Crippen LogP contribution in [0.4, 0.5) is 4.39 Å². The van der Waals surface area contributed by atoms with Crippen molar-refractivity contribution in [3.8, 4) is 0 Å². The molecule has 1 fully saturated rings. The van der Waals surface area contributed by atoms with E-state index in [0.29, 0.717) is 12.6 Å². The summed E-state index contributed by atoms with van der Waals surface area (Å²) in [5.74, 6) is 0.784. The van der Waals surface area contributed by atoms with Crippen molar-refractivity contribution in [2.24, 2.45) is 5.92 Å². The monoisotopic (exact) mass is 160 g/mol. The van der Waals surface area contributed by atoms with E-state index < -0.39 is 0 Å². The van der Waals surface area contributed by atoms with Crippen molar-refractivity contribution >= 4 is 0 Å². The summed E-state index contributed by atoms with van der Waals surface area (Å²) in [6, 6.07) is 0.566. The SMILES string of the molecule is C[C@@H]1CNC(CNCCF)C1. The molecular formula is C8H17FN2. The van der Waals surface area contributed by atoms with Crippen molar-refractivity contribution in [3.05, 3.63) is 0 Å². The van der Waals surface area contributed by atoms with E-state index in [-0.39, 0.29) is 6.67 Å². The van der Waals surface area contributed by atoms with Crippen molar-refractivity contribution < 1.29 is 4.39 Å². The average molecular weight is 160 g/mol. The molecule has 66 valence electrons. The molecule has 0 amide bonds. The number of hydrogen-bond acceptors (Lipinski definition) is 2. The van der Waals surface area contributed by atoms with Gasteiger partial charge in [-0.15, -0.1) is 0 Å². The third-order valence-electron chi connectivity index (χ3n) is 2.10. The lowest BCUT2D eigenvalue weighted by Gasteiger charge is -2.09. The molecule has 2 N–H and O–H groups in total. The topological polar surface area (TPSA) is 24.1 Å². The minimum atomic E-state index is -0.262. The second kappa shape index (κ2) is 4.67. The van der Waals surface area contributed by atoms with Crippen LogP contribution in [0.2, 0.25) is 0 Å². The molecule has 11 heavy (non-hydrogen) atoms. The van der Waals surface area contributed by atoms with Gasteiger partial charge in [0.1, 0.15) is 6.67 Å². The van der Waals surface area contributed by atoms with Crippen LogP contribution in [-0.2, 0) is 0 Å². The summed E-state index contributed by atoms with van der Waals surface area (Å²) in [7, 11) is 0. The molecule has 0 radical (unpaired) electrons. The summed E-state index contributed by atoms with van der Waals surface area (Å²) in [5, 5.41) is 6.44. The number of nitrogens with one attached hydrogen (secondary N) is 2. The van der Waals surface area contributed by atoms with Crippen molar-refractivity contribution in [2.45, 2.75) is 19.4 Å². The first-order valence-electron chi connectivity index (χ1n) is 4.33. The van der Waals surface area contributed by atoms with Gasteiger partial charge in [0.2, 0.25) is 0 Å². The van der Waals surface area contributed by atoms with E-state index >= 15 is 0 Å². The van der Waals surface area contributed by atoms with Crippen LogP contribution in [0, 0.1) is 5.92 Å². The molecule has 0 saturated carbocycles. The van der Waals surface area contributed by atoms with Crippen molar-refractivity contribution in [2.75, 3.05) is 26.3 Å². The largest absolute Gasteiger partial charge is 0.313 e. The third kappa shape index (κ3) is 3.16. The first-order valence-corrected chi connectivity index (χ1v) is 4.33. The highest BCUT2D eigenvalue weighted by Gasteiger charge is 2.19.